The van der Waals surface area contributed by atoms with Crippen LogP contribution in [0, 0.1) is 0 Å². The SMILES string of the molecule is CNC(=O)c1ccc(S(=O)(=O)N2C[C@@H](C)O[C@H](C)C2)cc1. The molecule has 6 nitrogen and oxygen atoms in total. The van der Waals surface area contributed by atoms with Crippen LogP contribution in [-0.2, 0) is 14.8 Å². The Morgan fingerprint density at radius 3 is 2.19 bits per heavy atom. The molecule has 1 amide bonds. The molecule has 1 N–H and O–H groups in total. The number of morpholine rings is 1. The fourth-order valence-electron chi connectivity index (χ4n) is 2.40. The van der Waals surface area contributed by atoms with Crippen LogP contribution < -0.4 is 5.32 Å². The standard InChI is InChI=1S/C14H20N2O4S/c1-10-8-16(9-11(2)20-10)21(18,19)13-6-4-12(5-7-13)14(17)15-3/h4-7,10-11H,8-9H2,1-3H3,(H,15,17)/t10-,11-/m1/s1. The van der Waals surface area contributed by atoms with Gasteiger partial charge in [-0.25, -0.2) is 8.42 Å². The first-order chi connectivity index (χ1) is 9.84. The monoisotopic (exact) mass is 312 g/mol. The maximum absolute atomic E-state index is 12.6. The number of carbonyl (C=O) groups excluding carboxylic acids is 1. The fourth-order valence-corrected chi connectivity index (χ4v) is 3.99. The number of hydrogen-bond acceptors (Lipinski definition) is 4. The molecule has 1 fully saturated rings. The quantitative estimate of drug-likeness (QED) is 0.897. The van der Waals surface area contributed by atoms with Crippen LogP contribution in [0.15, 0.2) is 29.2 Å². The van der Waals surface area contributed by atoms with Crippen LogP contribution in [0.3, 0.4) is 0 Å². The van der Waals surface area contributed by atoms with Crippen LogP contribution in [0.25, 0.3) is 0 Å². The van der Waals surface area contributed by atoms with Crippen molar-refractivity contribution in [2.45, 2.75) is 31.0 Å². The van der Waals surface area contributed by atoms with E-state index in [4.69, 9.17) is 4.74 Å². The molecule has 116 valence electrons. The van der Waals surface area contributed by atoms with E-state index in [1.807, 2.05) is 13.8 Å². The number of sulfonamides is 1. The van der Waals surface area contributed by atoms with Gasteiger partial charge in [-0.05, 0) is 38.1 Å². The number of hydrogen-bond donors (Lipinski definition) is 1. The van der Waals surface area contributed by atoms with Crippen molar-refractivity contribution in [1.29, 1.82) is 0 Å². The first kappa shape index (κ1) is 15.9. The molecule has 7 heteroatoms. The average Bonchev–Trinajstić information content (AvgIpc) is 2.45. The Morgan fingerprint density at radius 2 is 1.71 bits per heavy atom. The number of rotatable bonds is 3. The second kappa shape index (κ2) is 6.13. The van der Waals surface area contributed by atoms with Gasteiger partial charge in [0.2, 0.25) is 10.0 Å². The second-order valence-corrected chi connectivity index (χ2v) is 7.12. The van der Waals surface area contributed by atoms with Crippen molar-refractivity contribution in [2.24, 2.45) is 0 Å². The Labute approximate surface area is 125 Å². The van der Waals surface area contributed by atoms with Gasteiger partial charge in [-0.15, -0.1) is 0 Å². The molecule has 0 aromatic heterocycles. The summed E-state index contributed by atoms with van der Waals surface area (Å²) in [5, 5.41) is 2.50. The van der Waals surface area contributed by atoms with Crippen molar-refractivity contribution < 1.29 is 17.9 Å². The van der Waals surface area contributed by atoms with Crippen molar-refractivity contribution in [2.75, 3.05) is 20.1 Å². The van der Waals surface area contributed by atoms with E-state index >= 15 is 0 Å². The molecule has 1 aromatic carbocycles. The van der Waals surface area contributed by atoms with Gasteiger partial charge >= 0.3 is 0 Å². The second-order valence-electron chi connectivity index (χ2n) is 5.18. The normalized spacial score (nSPS) is 23.8. The van der Waals surface area contributed by atoms with Crippen LogP contribution in [0.5, 0.6) is 0 Å². The number of nitrogens with one attached hydrogen (secondary N) is 1. The highest BCUT2D eigenvalue weighted by molar-refractivity contribution is 7.89. The first-order valence-electron chi connectivity index (χ1n) is 6.82. The van der Waals surface area contributed by atoms with E-state index in [0.29, 0.717) is 18.7 Å². The number of amides is 1. The van der Waals surface area contributed by atoms with E-state index < -0.39 is 10.0 Å². The molecule has 1 saturated heterocycles. The molecule has 0 unspecified atom stereocenters. The summed E-state index contributed by atoms with van der Waals surface area (Å²) in [5.74, 6) is -0.243. The summed E-state index contributed by atoms with van der Waals surface area (Å²) in [6, 6.07) is 5.95. The minimum atomic E-state index is -3.56. The van der Waals surface area contributed by atoms with Crippen LogP contribution in [-0.4, -0.2) is 51.0 Å². The van der Waals surface area contributed by atoms with Gasteiger partial charge in [0.1, 0.15) is 0 Å². The van der Waals surface area contributed by atoms with Crippen LogP contribution in [0.1, 0.15) is 24.2 Å². The summed E-state index contributed by atoms with van der Waals surface area (Å²) < 4.78 is 32.2. The highest BCUT2D eigenvalue weighted by atomic mass is 32.2. The molecule has 0 bridgehead atoms. The summed E-state index contributed by atoms with van der Waals surface area (Å²) in [6.07, 6.45) is -0.262. The largest absolute Gasteiger partial charge is 0.373 e. The summed E-state index contributed by atoms with van der Waals surface area (Å²) in [5.41, 5.74) is 0.431. The summed E-state index contributed by atoms with van der Waals surface area (Å²) in [4.78, 5) is 11.7. The van der Waals surface area contributed by atoms with Crippen molar-refractivity contribution in [3.8, 4) is 0 Å². The smallest absolute Gasteiger partial charge is 0.251 e. The summed E-state index contributed by atoms with van der Waals surface area (Å²) >= 11 is 0. The van der Waals surface area contributed by atoms with Gasteiger partial charge in [-0.3, -0.25) is 4.79 Å². The van der Waals surface area contributed by atoms with E-state index in [2.05, 4.69) is 5.32 Å². The number of nitrogens with zero attached hydrogens (tertiary/aromatic N) is 1. The summed E-state index contributed by atoms with van der Waals surface area (Å²) in [6.45, 7) is 4.38. The fraction of sp³-hybridized carbons (Fsp3) is 0.500. The zero-order valence-corrected chi connectivity index (χ0v) is 13.2. The Balaban J connectivity index is 2.25. The topological polar surface area (TPSA) is 75.7 Å². The molecule has 0 saturated carbocycles. The lowest BCUT2D eigenvalue weighted by molar-refractivity contribution is -0.0440. The molecule has 2 atom stereocenters. The summed E-state index contributed by atoms with van der Waals surface area (Å²) in [7, 11) is -2.02. The number of ether oxygens (including phenoxy) is 1. The molecule has 0 aliphatic carbocycles. The average molecular weight is 312 g/mol. The molecule has 1 aliphatic rings. The Morgan fingerprint density at radius 1 is 1.19 bits per heavy atom. The van der Waals surface area contributed by atoms with Crippen molar-refractivity contribution in [3.63, 3.8) is 0 Å². The molecular weight excluding hydrogens is 292 g/mol. The van der Waals surface area contributed by atoms with Gasteiger partial charge in [-0.2, -0.15) is 4.31 Å². The zero-order valence-electron chi connectivity index (χ0n) is 12.4. The van der Waals surface area contributed by atoms with E-state index in [1.54, 1.807) is 0 Å². The zero-order chi connectivity index (χ0) is 15.6. The van der Waals surface area contributed by atoms with Crippen molar-refractivity contribution in [3.05, 3.63) is 29.8 Å². The predicted octanol–water partition coefficient (Wildman–Crippen LogP) is 0.844. The molecule has 0 spiro atoms. The van der Waals surface area contributed by atoms with Crippen LogP contribution >= 0.6 is 0 Å². The van der Waals surface area contributed by atoms with E-state index in [9.17, 15) is 13.2 Å². The minimum Gasteiger partial charge on any atom is -0.373 e. The lowest BCUT2D eigenvalue weighted by Crippen LogP contribution is -2.48. The van der Waals surface area contributed by atoms with E-state index in [0.717, 1.165) is 0 Å². The van der Waals surface area contributed by atoms with E-state index in [-0.39, 0.29) is 23.0 Å². The first-order valence-corrected chi connectivity index (χ1v) is 8.26. The maximum Gasteiger partial charge on any atom is 0.251 e. The Bertz CT molecular complexity index is 602. The Kier molecular flexibility index (Phi) is 4.65. The van der Waals surface area contributed by atoms with Crippen LogP contribution in [0.4, 0.5) is 0 Å². The highest BCUT2D eigenvalue weighted by Crippen LogP contribution is 2.21. The van der Waals surface area contributed by atoms with Crippen molar-refractivity contribution in [1.82, 2.24) is 9.62 Å². The highest BCUT2D eigenvalue weighted by Gasteiger charge is 2.32. The molecule has 21 heavy (non-hydrogen) atoms. The van der Waals surface area contributed by atoms with Gasteiger partial charge in [0.25, 0.3) is 5.91 Å². The molecule has 2 rings (SSSR count). The van der Waals surface area contributed by atoms with Gasteiger partial charge in [0, 0.05) is 25.7 Å². The lowest BCUT2D eigenvalue weighted by atomic mass is 10.2. The molecule has 1 aliphatic heterocycles. The molecule has 1 heterocycles. The molecular formula is C14H20N2O4S. The van der Waals surface area contributed by atoms with Gasteiger partial charge in [0.15, 0.2) is 0 Å². The maximum atomic E-state index is 12.6. The predicted molar refractivity (Wildman–Crippen MR) is 78.6 cm³/mol. The lowest BCUT2D eigenvalue weighted by Gasteiger charge is -2.34. The van der Waals surface area contributed by atoms with Gasteiger partial charge in [0.05, 0.1) is 17.1 Å². The minimum absolute atomic E-state index is 0.131. The Hall–Kier alpha value is -1.44. The van der Waals surface area contributed by atoms with Gasteiger partial charge in [-0.1, -0.05) is 0 Å². The van der Waals surface area contributed by atoms with Gasteiger partial charge < -0.3 is 10.1 Å². The van der Waals surface area contributed by atoms with E-state index in [1.165, 1.54) is 35.6 Å². The number of benzene rings is 1. The molecule has 0 radical (unpaired) electrons. The van der Waals surface area contributed by atoms with Crippen molar-refractivity contribution >= 4 is 15.9 Å². The third kappa shape index (κ3) is 3.42. The third-order valence-corrected chi connectivity index (χ3v) is 5.21. The number of carbonyl (C=O) groups is 1. The molecule has 1 aromatic rings. The van der Waals surface area contributed by atoms with Crippen LogP contribution in [0.2, 0.25) is 0 Å². The third-order valence-electron chi connectivity index (χ3n) is 3.37.